The highest BCUT2D eigenvalue weighted by Gasteiger charge is 2.19. The lowest BCUT2D eigenvalue weighted by molar-refractivity contribution is 0.171. The molecule has 3 heterocycles. The molecule has 1 saturated heterocycles. The van der Waals surface area contributed by atoms with Gasteiger partial charge < -0.3 is 14.4 Å². The van der Waals surface area contributed by atoms with Gasteiger partial charge in [-0.2, -0.15) is 0 Å². The topological polar surface area (TPSA) is 37.8 Å². The van der Waals surface area contributed by atoms with Crippen LogP contribution in [-0.4, -0.2) is 36.3 Å². The van der Waals surface area contributed by atoms with E-state index in [9.17, 15) is 0 Å². The fraction of sp³-hybridized carbons (Fsp3) is 0.476. The summed E-state index contributed by atoms with van der Waals surface area (Å²) in [4.78, 5) is 9.44. The maximum absolute atomic E-state index is 5.66. The second-order valence-electron chi connectivity index (χ2n) is 7.02. The maximum atomic E-state index is 5.66. The van der Waals surface area contributed by atoms with Crippen LogP contribution in [0.15, 0.2) is 36.5 Å². The van der Waals surface area contributed by atoms with Crippen molar-refractivity contribution < 1.29 is 9.47 Å². The average molecular weight is 353 g/mol. The molecule has 0 N–H and O–H groups in total. The first kappa shape index (κ1) is 17.2. The number of hydrogen-bond acceptors (Lipinski definition) is 5. The van der Waals surface area contributed by atoms with Crippen molar-refractivity contribution >= 4 is 5.82 Å². The molecule has 0 atom stereocenters. The molecule has 0 saturated carbocycles. The van der Waals surface area contributed by atoms with E-state index in [-0.39, 0.29) is 0 Å². The molecule has 5 nitrogen and oxygen atoms in total. The third kappa shape index (κ3) is 3.78. The number of para-hydroxylation sites is 1. The van der Waals surface area contributed by atoms with Crippen LogP contribution < -0.4 is 14.4 Å². The van der Waals surface area contributed by atoms with E-state index in [2.05, 4.69) is 39.9 Å². The summed E-state index contributed by atoms with van der Waals surface area (Å²) in [5.41, 5.74) is 2.50. The van der Waals surface area contributed by atoms with Crippen molar-refractivity contribution in [2.75, 3.05) is 31.3 Å². The minimum atomic E-state index is 0.321. The van der Waals surface area contributed by atoms with E-state index < -0.39 is 0 Å². The van der Waals surface area contributed by atoms with Crippen molar-refractivity contribution in [1.82, 2.24) is 9.88 Å². The normalized spacial score (nSPS) is 16.3. The fourth-order valence-electron chi connectivity index (χ4n) is 3.75. The highest BCUT2D eigenvalue weighted by molar-refractivity contribution is 5.48. The lowest BCUT2D eigenvalue weighted by Crippen LogP contribution is -2.30. The van der Waals surface area contributed by atoms with Gasteiger partial charge in [0.25, 0.3) is 0 Å². The molecule has 2 aliphatic heterocycles. The molecule has 5 heteroatoms. The van der Waals surface area contributed by atoms with Crippen LogP contribution >= 0.6 is 0 Å². The van der Waals surface area contributed by atoms with Crippen LogP contribution in [-0.2, 0) is 13.1 Å². The summed E-state index contributed by atoms with van der Waals surface area (Å²) in [5, 5.41) is 0. The Morgan fingerprint density at radius 3 is 2.81 bits per heavy atom. The van der Waals surface area contributed by atoms with Crippen LogP contribution in [0.4, 0.5) is 5.82 Å². The monoisotopic (exact) mass is 353 g/mol. The number of hydrogen-bond donors (Lipinski definition) is 0. The summed E-state index contributed by atoms with van der Waals surface area (Å²) < 4.78 is 11.2. The number of fused-ring (bicyclic) bond motifs is 1. The summed E-state index contributed by atoms with van der Waals surface area (Å²) in [6.07, 6.45) is 5.83. The number of anilines is 1. The number of piperidine rings is 1. The molecule has 26 heavy (non-hydrogen) atoms. The molecule has 1 fully saturated rings. The fourth-order valence-corrected chi connectivity index (χ4v) is 3.75. The summed E-state index contributed by atoms with van der Waals surface area (Å²) in [6.45, 7) is 7.51. The molecule has 0 bridgehead atoms. The van der Waals surface area contributed by atoms with Crippen LogP contribution in [0, 0.1) is 0 Å². The number of benzene rings is 1. The molecular formula is C21H27N3O2. The Hall–Kier alpha value is -2.27. The number of pyridine rings is 1. The minimum Gasteiger partial charge on any atom is -0.454 e. The molecule has 2 aromatic rings. The Morgan fingerprint density at radius 1 is 1.08 bits per heavy atom. The molecular weight excluding hydrogens is 326 g/mol. The van der Waals surface area contributed by atoms with E-state index in [1.54, 1.807) is 0 Å². The molecule has 0 radical (unpaired) electrons. The predicted octanol–water partition coefficient (Wildman–Crippen LogP) is 3.82. The zero-order chi connectivity index (χ0) is 17.8. The predicted molar refractivity (Wildman–Crippen MR) is 103 cm³/mol. The van der Waals surface area contributed by atoms with Crippen molar-refractivity contribution in [3.05, 3.63) is 47.7 Å². The summed E-state index contributed by atoms with van der Waals surface area (Å²) in [6, 6.07) is 10.5. The summed E-state index contributed by atoms with van der Waals surface area (Å²) >= 11 is 0. The van der Waals surface area contributed by atoms with Gasteiger partial charge in [0.1, 0.15) is 5.82 Å². The molecule has 138 valence electrons. The van der Waals surface area contributed by atoms with E-state index in [1.807, 2.05) is 18.3 Å². The van der Waals surface area contributed by atoms with Gasteiger partial charge in [-0.3, -0.25) is 4.90 Å². The van der Waals surface area contributed by atoms with Gasteiger partial charge in [-0.1, -0.05) is 19.1 Å². The van der Waals surface area contributed by atoms with Gasteiger partial charge in [-0.05, 0) is 49.6 Å². The van der Waals surface area contributed by atoms with E-state index in [0.29, 0.717) is 6.79 Å². The Morgan fingerprint density at radius 2 is 1.96 bits per heavy atom. The van der Waals surface area contributed by atoms with Crippen molar-refractivity contribution in [3.8, 4) is 11.5 Å². The molecule has 1 aromatic carbocycles. The van der Waals surface area contributed by atoms with Crippen LogP contribution in [0.5, 0.6) is 11.5 Å². The molecule has 0 spiro atoms. The number of aromatic nitrogens is 1. The Labute approximate surface area is 155 Å². The third-order valence-corrected chi connectivity index (χ3v) is 5.22. The largest absolute Gasteiger partial charge is 0.454 e. The van der Waals surface area contributed by atoms with Crippen molar-refractivity contribution in [1.29, 1.82) is 0 Å². The Kier molecular flexibility index (Phi) is 5.25. The first-order valence-electron chi connectivity index (χ1n) is 9.63. The maximum Gasteiger partial charge on any atom is 0.231 e. The first-order valence-corrected chi connectivity index (χ1v) is 9.63. The molecule has 2 aliphatic rings. The van der Waals surface area contributed by atoms with Crippen LogP contribution in [0.1, 0.15) is 37.3 Å². The first-order chi connectivity index (χ1) is 12.8. The average Bonchev–Trinajstić information content (AvgIpc) is 3.18. The molecule has 1 aromatic heterocycles. The second-order valence-corrected chi connectivity index (χ2v) is 7.02. The van der Waals surface area contributed by atoms with Crippen LogP contribution in [0.25, 0.3) is 0 Å². The highest BCUT2D eigenvalue weighted by atomic mass is 16.7. The van der Waals surface area contributed by atoms with Gasteiger partial charge in [0.2, 0.25) is 6.79 Å². The van der Waals surface area contributed by atoms with Gasteiger partial charge in [-0.15, -0.1) is 0 Å². The summed E-state index contributed by atoms with van der Waals surface area (Å²) in [5.74, 6) is 2.88. The van der Waals surface area contributed by atoms with Crippen LogP contribution in [0.3, 0.4) is 0 Å². The van der Waals surface area contributed by atoms with E-state index in [4.69, 9.17) is 9.47 Å². The minimum absolute atomic E-state index is 0.321. The Balaban J connectivity index is 1.46. The lowest BCUT2D eigenvalue weighted by Gasteiger charge is -2.28. The van der Waals surface area contributed by atoms with Crippen molar-refractivity contribution in [2.24, 2.45) is 0 Å². The second kappa shape index (κ2) is 7.96. The molecule has 0 amide bonds. The summed E-state index contributed by atoms with van der Waals surface area (Å²) in [7, 11) is 0. The van der Waals surface area contributed by atoms with E-state index in [0.717, 1.165) is 50.0 Å². The van der Waals surface area contributed by atoms with Gasteiger partial charge in [0.15, 0.2) is 11.5 Å². The number of ether oxygens (including phenoxy) is 2. The van der Waals surface area contributed by atoms with Crippen molar-refractivity contribution in [3.63, 3.8) is 0 Å². The quantitative estimate of drug-likeness (QED) is 0.789. The molecule has 4 rings (SSSR count). The number of nitrogens with zero attached hydrogens (tertiary/aromatic N) is 3. The van der Waals surface area contributed by atoms with Gasteiger partial charge in [-0.25, -0.2) is 4.98 Å². The van der Waals surface area contributed by atoms with Gasteiger partial charge >= 0.3 is 0 Å². The lowest BCUT2D eigenvalue weighted by atomic mass is 10.1. The molecule has 0 aliphatic carbocycles. The zero-order valence-corrected chi connectivity index (χ0v) is 15.5. The molecule has 0 unspecified atom stereocenters. The van der Waals surface area contributed by atoms with Gasteiger partial charge in [0.05, 0.1) is 0 Å². The van der Waals surface area contributed by atoms with E-state index in [1.165, 1.54) is 30.4 Å². The standard InChI is InChI=1S/C21H27N3O2/c1-2-23(15-18-7-6-8-19-21(18)26-16-25-19)14-17-9-10-22-20(13-17)24-11-4-3-5-12-24/h6-10,13H,2-5,11-12,14-16H2,1H3. The highest BCUT2D eigenvalue weighted by Crippen LogP contribution is 2.36. The third-order valence-electron chi connectivity index (χ3n) is 5.22. The van der Waals surface area contributed by atoms with E-state index >= 15 is 0 Å². The number of rotatable bonds is 6. The Bertz CT molecular complexity index is 744. The van der Waals surface area contributed by atoms with Crippen LogP contribution in [0.2, 0.25) is 0 Å². The van der Waals surface area contributed by atoms with Gasteiger partial charge in [0, 0.05) is 37.9 Å². The zero-order valence-electron chi connectivity index (χ0n) is 15.5. The smallest absolute Gasteiger partial charge is 0.231 e. The SMILES string of the molecule is CCN(Cc1ccnc(N2CCCCC2)c1)Cc1cccc2c1OCO2. The van der Waals surface area contributed by atoms with Crippen molar-refractivity contribution in [2.45, 2.75) is 39.3 Å².